The zero-order chi connectivity index (χ0) is 67.8. The minimum atomic E-state index is 0.361. The van der Waals surface area contributed by atoms with Gasteiger partial charge in [-0.15, -0.1) is 0 Å². The molecule has 6 aromatic heterocycles. The van der Waals surface area contributed by atoms with Crippen molar-refractivity contribution in [2.45, 2.75) is 0 Å². The minimum Gasteiger partial charge on any atom is -0.456 e. The molecule has 0 saturated carbocycles. The Morgan fingerprint density at radius 1 is 0.252 bits per heavy atom. The van der Waals surface area contributed by atoms with Crippen LogP contribution >= 0.6 is 0 Å². The third kappa shape index (κ3) is 9.08. The molecule has 103 heavy (non-hydrogen) atoms. The number of furan rings is 3. The largest absolute Gasteiger partial charge is 0.456 e. The quantitative estimate of drug-likeness (QED) is 0.127. The Kier molecular flexibility index (Phi) is 12.9. The normalized spacial score (nSPS) is 11.9. The second-order valence-electron chi connectivity index (χ2n) is 26.3. The highest BCUT2D eigenvalue weighted by Gasteiger charge is 2.32. The van der Waals surface area contributed by atoms with Crippen molar-refractivity contribution in [3.8, 4) is 101 Å². The summed E-state index contributed by atoms with van der Waals surface area (Å²) in [4.78, 5) is 21.5. The summed E-state index contributed by atoms with van der Waals surface area (Å²) >= 11 is 0. The summed E-state index contributed by atoms with van der Waals surface area (Å²) in [5.74, 6) is 1.26. The molecule has 6 heterocycles. The lowest BCUT2D eigenvalue weighted by atomic mass is 9.94. The first-order valence-electron chi connectivity index (χ1n) is 34.5. The minimum absolute atomic E-state index is 0.361. The molecule has 0 bridgehead atoms. The number of hydrogen-bond donors (Lipinski definition) is 0. The third-order valence-corrected chi connectivity index (χ3v) is 20.6. The number of rotatable bonds is 10. The van der Waals surface area contributed by atoms with Crippen LogP contribution in [0.3, 0.4) is 0 Å². The van der Waals surface area contributed by atoms with Crippen molar-refractivity contribution >= 4 is 115 Å². The first-order chi connectivity index (χ1) is 51.0. The van der Waals surface area contributed by atoms with Crippen molar-refractivity contribution in [1.29, 1.82) is 0 Å². The van der Waals surface area contributed by atoms with E-state index in [1.54, 1.807) is 0 Å². The maximum Gasteiger partial charge on any atom is 0.212 e. The topological polar surface area (TPSA) is 92.3 Å². The summed E-state index contributed by atoms with van der Waals surface area (Å²) in [5, 5.41) is 9.61. The van der Waals surface area contributed by atoms with E-state index in [0.717, 1.165) is 176 Å². The van der Waals surface area contributed by atoms with E-state index in [9.17, 15) is 6.57 Å². The predicted molar refractivity (Wildman–Crippen MR) is 420 cm³/mol. The molecule has 0 unspecified atom stereocenters. The van der Waals surface area contributed by atoms with Crippen molar-refractivity contribution < 1.29 is 13.3 Å². The Balaban J connectivity index is 0.939. The van der Waals surface area contributed by atoms with Crippen molar-refractivity contribution in [3.05, 3.63) is 339 Å². The van der Waals surface area contributed by atoms with Crippen LogP contribution in [-0.2, 0) is 0 Å². The van der Waals surface area contributed by atoms with E-state index in [4.69, 9.17) is 33.0 Å². The Hall–Kier alpha value is -14.2. The summed E-state index contributed by atoms with van der Waals surface area (Å²) in [6.45, 7) is 9.80. The van der Waals surface area contributed by atoms with E-state index in [-0.39, 0.29) is 0 Å². The van der Waals surface area contributed by atoms with Gasteiger partial charge in [0.15, 0.2) is 17.5 Å². The Labute approximate surface area is 589 Å². The van der Waals surface area contributed by atoms with Crippen LogP contribution < -0.4 is 0 Å². The predicted octanol–water partition coefficient (Wildman–Crippen LogP) is 25.7. The molecule has 0 N–H and O–H groups in total. The molecule has 21 rings (SSSR count). The third-order valence-electron chi connectivity index (χ3n) is 20.6. The van der Waals surface area contributed by atoms with Crippen LogP contribution in [0.15, 0.2) is 341 Å². The maximum absolute atomic E-state index is 9.80. The smallest absolute Gasteiger partial charge is 0.212 e. The highest BCUT2D eigenvalue weighted by atomic mass is 16.3. The van der Waals surface area contributed by atoms with Crippen LogP contribution in [0.1, 0.15) is 0 Å². The average Bonchev–Trinajstić information content (AvgIpc) is 1.57. The Bertz CT molecular complexity index is 7090. The monoisotopic (exact) mass is 1310 g/mol. The van der Waals surface area contributed by atoms with Gasteiger partial charge in [-0.05, 0) is 141 Å². The van der Waals surface area contributed by atoms with Gasteiger partial charge < -0.3 is 22.4 Å². The lowest BCUT2D eigenvalue weighted by Gasteiger charge is -2.24. The molecular formula is C94H54N6O3. The highest BCUT2D eigenvalue weighted by Crippen LogP contribution is 2.53. The van der Waals surface area contributed by atoms with Crippen LogP contribution in [0.25, 0.3) is 215 Å². The number of para-hydroxylation sites is 1. The van der Waals surface area contributed by atoms with Crippen molar-refractivity contribution in [2.24, 2.45) is 0 Å². The molecule has 9 nitrogen and oxygen atoms in total. The molecule has 0 saturated heterocycles. The summed E-state index contributed by atoms with van der Waals surface area (Å²) in [6.07, 6.45) is 0. The Morgan fingerprint density at radius 3 is 1.16 bits per heavy atom. The fourth-order valence-corrected chi connectivity index (χ4v) is 15.9. The fraction of sp³-hybridized carbons (Fsp3) is 0. The Morgan fingerprint density at radius 2 is 0.650 bits per heavy atom. The lowest BCUT2D eigenvalue weighted by Crippen LogP contribution is -2.08. The first kappa shape index (κ1) is 57.8. The molecule has 0 amide bonds. The molecule has 9 heteroatoms. The van der Waals surface area contributed by atoms with Gasteiger partial charge in [-0.2, -0.15) is 0 Å². The van der Waals surface area contributed by atoms with Gasteiger partial charge in [0.1, 0.15) is 33.5 Å². The van der Waals surface area contributed by atoms with E-state index in [1.165, 1.54) is 0 Å². The van der Waals surface area contributed by atoms with Gasteiger partial charge >= 0.3 is 0 Å². The summed E-state index contributed by atoms with van der Waals surface area (Å²) in [6, 6.07) is 114. The van der Waals surface area contributed by atoms with Crippen LogP contribution in [-0.4, -0.2) is 24.1 Å². The molecule has 15 aromatic carbocycles. The molecule has 0 aliphatic carbocycles. The van der Waals surface area contributed by atoms with E-state index in [2.05, 4.69) is 258 Å². The van der Waals surface area contributed by atoms with Crippen LogP contribution in [0.4, 0.5) is 5.69 Å². The van der Waals surface area contributed by atoms with E-state index in [0.29, 0.717) is 40.0 Å². The lowest BCUT2D eigenvalue weighted by molar-refractivity contribution is 0.669. The molecule has 21 aromatic rings. The number of benzene rings is 15. The number of hydrogen-bond acceptors (Lipinski definition) is 6. The van der Waals surface area contributed by atoms with Crippen LogP contribution in [0.2, 0.25) is 0 Å². The first-order valence-corrected chi connectivity index (χ1v) is 34.5. The van der Waals surface area contributed by atoms with Gasteiger partial charge in [0.05, 0.1) is 50.8 Å². The van der Waals surface area contributed by atoms with Gasteiger partial charge in [0.2, 0.25) is 5.69 Å². The zero-order valence-corrected chi connectivity index (χ0v) is 55.1. The van der Waals surface area contributed by atoms with Crippen LogP contribution in [0, 0.1) is 6.57 Å². The van der Waals surface area contributed by atoms with Gasteiger partial charge in [-0.1, -0.05) is 237 Å². The molecule has 0 atom stereocenters. The van der Waals surface area contributed by atoms with Crippen molar-refractivity contribution in [1.82, 2.24) is 24.1 Å². The standard InChI is InChI=1S/C94H54N6O3/c1-95-75-55-74(94-97-92(61-33-18-7-19-34-61)96-93(98-94)69-36-22-38-83-85(69)68-35-20-21-37-80(68)101-83)88(99-76-45-39-62(56-23-8-2-9-24-56)53-72(76)86-78(99)47-43-66-70-51-64(58-27-12-4-13-28-58)41-49-81(70)102-90(66)86)84(60-31-16-6-17-32-60)89(75)100-77-46-40-63(57-25-10-3-11-26-57)54-73(77)87-79(100)48-44-67-71-52-65(59-29-14-5-15-30-59)42-50-82(71)103-91(67)87/h2-55H. The van der Waals surface area contributed by atoms with Gasteiger partial charge in [-0.3, -0.25) is 0 Å². The molecule has 0 spiro atoms. The second-order valence-corrected chi connectivity index (χ2v) is 26.3. The fourth-order valence-electron chi connectivity index (χ4n) is 15.9. The second kappa shape index (κ2) is 22.9. The summed E-state index contributed by atoms with van der Waals surface area (Å²) < 4.78 is 25.8. The molecule has 0 aliphatic heterocycles. The number of fused-ring (bicyclic) bond motifs is 17. The molecule has 0 aliphatic rings. The van der Waals surface area contributed by atoms with Crippen LogP contribution in [0.5, 0.6) is 0 Å². The summed E-state index contributed by atoms with van der Waals surface area (Å²) in [7, 11) is 0. The zero-order valence-electron chi connectivity index (χ0n) is 55.1. The highest BCUT2D eigenvalue weighted by molar-refractivity contribution is 6.27. The van der Waals surface area contributed by atoms with Gasteiger partial charge in [0.25, 0.3) is 0 Å². The van der Waals surface area contributed by atoms with Gasteiger partial charge in [0, 0.05) is 65.3 Å². The molecular weight excluding hydrogens is 1260 g/mol. The van der Waals surface area contributed by atoms with Crippen molar-refractivity contribution in [2.75, 3.05) is 0 Å². The van der Waals surface area contributed by atoms with E-state index in [1.807, 2.05) is 78.9 Å². The maximum atomic E-state index is 9.80. The van der Waals surface area contributed by atoms with E-state index < -0.39 is 0 Å². The molecule has 478 valence electrons. The molecule has 0 fully saturated rings. The van der Waals surface area contributed by atoms with E-state index >= 15 is 0 Å². The van der Waals surface area contributed by atoms with Gasteiger partial charge in [-0.25, -0.2) is 19.8 Å². The summed E-state index contributed by atoms with van der Waals surface area (Å²) in [5.41, 5.74) is 22.3. The SMILES string of the molecule is [C-]#[N+]c1cc(-c2nc(-c3ccccc3)nc(-c3cccc4oc5ccccc5c34)n2)c(-n2c3ccc(-c4ccccc4)cc3c3c4oc5ccc(-c6ccccc6)cc5c4ccc32)c(-c2ccccc2)c1-n1c2ccc(-c3ccccc3)cc2c2c3oc4ccc(-c5ccccc5)cc4c3ccc21. The number of nitrogens with zero attached hydrogens (tertiary/aromatic N) is 6. The van der Waals surface area contributed by atoms with Crippen molar-refractivity contribution in [3.63, 3.8) is 0 Å². The number of aromatic nitrogens is 5. The average molecular weight is 1320 g/mol. The molecule has 0 radical (unpaired) electrons.